The molecular weight excluding hydrogens is 386 g/mol. The third-order valence-corrected chi connectivity index (χ3v) is 4.94. The van der Waals surface area contributed by atoms with E-state index in [1.54, 1.807) is 47.9 Å². The van der Waals surface area contributed by atoms with Gasteiger partial charge >= 0.3 is 5.97 Å². The van der Waals surface area contributed by atoms with Gasteiger partial charge in [-0.05, 0) is 32.0 Å². The second-order valence-corrected chi connectivity index (χ2v) is 7.31. The number of ether oxygens (including phenoxy) is 2. The number of nitrogens with one attached hydrogen (secondary N) is 1. The SMILES string of the molecule is CCOC(=O)c1csc(NC(=O)c2cccc(OCc3csc(C)n3)c2)n1. The van der Waals surface area contributed by atoms with Gasteiger partial charge in [0.1, 0.15) is 12.4 Å². The lowest BCUT2D eigenvalue weighted by Gasteiger charge is -2.07. The van der Waals surface area contributed by atoms with Gasteiger partial charge in [-0.3, -0.25) is 10.1 Å². The zero-order valence-electron chi connectivity index (χ0n) is 14.7. The number of amides is 1. The van der Waals surface area contributed by atoms with E-state index in [0.717, 1.165) is 22.0 Å². The van der Waals surface area contributed by atoms with E-state index in [-0.39, 0.29) is 18.2 Å². The van der Waals surface area contributed by atoms with Crippen LogP contribution >= 0.6 is 22.7 Å². The van der Waals surface area contributed by atoms with E-state index < -0.39 is 5.97 Å². The predicted molar refractivity (Wildman–Crippen MR) is 104 cm³/mol. The molecule has 0 radical (unpaired) electrons. The average Bonchev–Trinajstić information content (AvgIpc) is 3.29. The van der Waals surface area contributed by atoms with Crippen molar-refractivity contribution < 1.29 is 19.1 Å². The van der Waals surface area contributed by atoms with E-state index in [1.165, 1.54) is 0 Å². The molecule has 0 aliphatic heterocycles. The molecule has 1 N–H and O–H groups in total. The lowest BCUT2D eigenvalue weighted by Crippen LogP contribution is -2.12. The number of carbonyl (C=O) groups is 2. The van der Waals surface area contributed by atoms with E-state index in [9.17, 15) is 9.59 Å². The number of esters is 1. The van der Waals surface area contributed by atoms with Gasteiger partial charge in [-0.2, -0.15) is 0 Å². The van der Waals surface area contributed by atoms with Gasteiger partial charge in [0.2, 0.25) is 0 Å². The Morgan fingerprint density at radius 2 is 2.04 bits per heavy atom. The minimum absolute atomic E-state index is 0.174. The Balaban J connectivity index is 1.62. The van der Waals surface area contributed by atoms with Crippen LogP contribution in [0.1, 0.15) is 38.5 Å². The van der Waals surface area contributed by atoms with Crippen molar-refractivity contribution in [2.45, 2.75) is 20.5 Å². The smallest absolute Gasteiger partial charge is 0.357 e. The van der Waals surface area contributed by atoms with Crippen molar-refractivity contribution in [2.75, 3.05) is 11.9 Å². The standard InChI is InChI=1S/C18H17N3O4S2/c1-3-24-17(23)15-10-27-18(20-15)21-16(22)12-5-4-6-14(7-12)25-8-13-9-26-11(2)19-13/h4-7,9-10H,3,8H2,1-2H3,(H,20,21,22). The first-order valence-electron chi connectivity index (χ1n) is 8.13. The number of aromatic nitrogens is 2. The molecule has 9 heteroatoms. The summed E-state index contributed by atoms with van der Waals surface area (Å²) >= 11 is 2.72. The number of hydrogen-bond acceptors (Lipinski definition) is 8. The Kier molecular flexibility index (Phi) is 6.15. The van der Waals surface area contributed by atoms with E-state index >= 15 is 0 Å². The largest absolute Gasteiger partial charge is 0.487 e. The molecule has 0 bridgehead atoms. The van der Waals surface area contributed by atoms with Gasteiger partial charge in [0, 0.05) is 16.3 Å². The van der Waals surface area contributed by atoms with Gasteiger partial charge in [0.15, 0.2) is 10.8 Å². The van der Waals surface area contributed by atoms with E-state index in [1.807, 2.05) is 12.3 Å². The number of benzene rings is 1. The number of rotatable bonds is 7. The summed E-state index contributed by atoms with van der Waals surface area (Å²) < 4.78 is 10.6. The van der Waals surface area contributed by atoms with E-state index in [2.05, 4.69) is 15.3 Å². The molecule has 140 valence electrons. The summed E-state index contributed by atoms with van der Waals surface area (Å²) in [7, 11) is 0. The Morgan fingerprint density at radius 3 is 2.78 bits per heavy atom. The van der Waals surface area contributed by atoms with Crippen LogP contribution in [0.3, 0.4) is 0 Å². The normalized spacial score (nSPS) is 10.4. The number of anilines is 1. The number of hydrogen-bond donors (Lipinski definition) is 1. The summed E-state index contributed by atoms with van der Waals surface area (Å²) in [5.74, 6) is -0.281. The molecule has 1 aromatic carbocycles. The maximum absolute atomic E-state index is 12.4. The maximum Gasteiger partial charge on any atom is 0.357 e. The summed E-state index contributed by atoms with van der Waals surface area (Å²) in [6, 6.07) is 6.84. The van der Waals surface area contributed by atoms with Gasteiger partial charge in [-0.1, -0.05) is 6.07 Å². The van der Waals surface area contributed by atoms with Crippen LogP contribution in [0.2, 0.25) is 0 Å². The van der Waals surface area contributed by atoms with Crippen LogP contribution < -0.4 is 10.1 Å². The first-order chi connectivity index (χ1) is 13.0. The Morgan fingerprint density at radius 1 is 1.19 bits per heavy atom. The van der Waals surface area contributed by atoms with Gasteiger partial charge < -0.3 is 9.47 Å². The molecule has 3 aromatic rings. The van der Waals surface area contributed by atoms with Gasteiger partial charge in [-0.15, -0.1) is 22.7 Å². The lowest BCUT2D eigenvalue weighted by atomic mass is 10.2. The fourth-order valence-electron chi connectivity index (χ4n) is 2.16. The van der Waals surface area contributed by atoms with Crippen molar-refractivity contribution in [3.8, 4) is 5.75 Å². The summed E-state index contributed by atoms with van der Waals surface area (Å²) in [6.07, 6.45) is 0. The first-order valence-corrected chi connectivity index (χ1v) is 9.89. The third-order valence-electron chi connectivity index (χ3n) is 3.36. The van der Waals surface area contributed by atoms with Crippen LogP contribution in [0.15, 0.2) is 35.0 Å². The molecule has 0 saturated heterocycles. The Bertz CT molecular complexity index is 951. The molecule has 2 heterocycles. The highest BCUT2D eigenvalue weighted by atomic mass is 32.1. The Hall–Kier alpha value is -2.78. The number of thiazole rings is 2. The fraction of sp³-hybridized carbons (Fsp3) is 0.222. The number of aryl methyl sites for hydroxylation is 1. The van der Waals surface area contributed by atoms with E-state index in [4.69, 9.17) is 9.47 Å². The molecular formula is C18H17N3O4S2. The zero-order valence-corrected chi connectivity index (χ0v) is 16.4. The zero-order chi connectivity index (χ0) is 19.2. The summed E-state index contributed by atoms with van der Waals surface area (Å²) in [5, 5.41) is 7.46. The molecule has 2 aromatic heterocycles. The van der Waals surface area contributed by atoms with Crippen molar-refractivity contribution in [1.29, 1.82) is 0 Å². The first kappa shape index (κ1) is 19.0. The number of carbonyl (C=O) groups excluding carboxylic acids is 2. The molecule has 3 rings (SSSR count). The Labute approximate surface area is 164 Å². The van der Waals surface area contributed by atoms with Gasteiger partial charge in [-0.25, -0.2) is 14.8 Å². The molecule has 0 aliphatic carbocycles. The number of nitrogens with zero attached hydrogens (tertiary/aromatic N) is 2. The van der Waals surface area contributed by atoms with Crippen molar-refractivity contribution in [3.63, 3.8) is 0 Å². The van der Waals surface area contributed by atoms with Crippen LogP contribution in [0.5, 0.6) is 5.75 Å². The summed E-state index contributed by atoms with van der Waals surface area (Å²) in [4.78, 5) is 32.5. The highest BCUT2D eigenvalue weighted by molar-refractivity contribution is 7.14. The molecule has 27 heavy (non-hydrogen) atoms. The molecule has 0 spiro atoms. The molecule has 1 amide bonds. The van der Waals surface area contributed by atoms with Crippen molar-refractivity contribution in [1.82, 2.24) is 9.97 Å². The molecule has 0 fully saturated rings. The van der Waals surface area contributed by atoms with Crippen LogP contribution in [0, 0.1) is 6.92 Å². The van der Waals surface area contributed by atoms with Crippen LogP contribution in [-0.4, -0.2) is 28.5 Å². The monoisotopic (exact) mass is 403 g/mol. The van der Waals surface area contributed by atoms with Crippen LogP contribution in [0.4, 0.5) is 5.13 Å². The van der Waals surface area contributed by atoms with Gasteiger partial charge in [0.05, 0.1) is 17.3 Å². The third kappa shape index (κ3) is 5.11. The van der Waals surface area contributed by atoms with Crippen molar-refractivity contribution in [2.24, 2.45) is 0 Å². The minimum Gasteiger partial charge on any atom is -0.487 e. The molecule has 0 aliphatic rings. The van der Waals surface area contributed by atoms with Crippen molar-refractivity contribution >= 4 is 39.7 Å². The van der Waals surface area contributed by atoms with Crippen molar-refractivity contribution in [3.05, 3.63) is 57.0 Å². The van der Waals surface area contributed by atoms with Crippen LogP contribution in [0.25, 0.3) is 0 Å². The molecule has 0 saturated carbocycles. The topological polar surface area (TPSA) is 90.4 Å². The van der Waals surface area contributed by atoms with Gasteiger partial charge in [0.25, 0.3) is 5.91 Å². The highest BCUT2D eigenvalue weighted by Gasteiger charge is 2.14. The molecule has 7 nitrogen and oxygen atoms in total. The van der Waals surface area contributed by atoms with Crippen LogP contribution in [-0.2, 0) is 11.3 Å². The minimum atomic E-state index is -0.512. The molecule has 0 unspecified atom stereocenters. The second-order valence-electron chi connectivity index (χ2n) is 5.39. The quantitative estimate of drug-likeness (QED) is 0.602. The van der Waals surface area contributed by atoms with E-state index in [0.29, 0.717) is 23.1 Å². The lowest BCUT2D eigenvalue weighted by molar-refractivity contribution is 0.0520. The second kappa shape index (κ2) is 8.74. The molecule has 0 atom stereocenters. The fourth-order valence-corrected chi connectivity index (χ4v) is 3.43. The maximum atomic E-state index is 12.4. The summed E-state index contributed by atoms with van der Waals surface area (Å²) in [5.41, 5.74) is 1.45. The predicted octanol–water partition coefficient (Wildman–Crippen LogP) is 3.92. The average molecular weight is 403 g/mol. The highest BCUT2D eigenvalue weighted by Crippen LogP contribution is 2.20. The summed E-state index contributed by atoms with van der Waals surface area (Å²) in [6.45, 7) is 4.26.